The zero-order chi connectivity index (χ0) is 13.3. The third kappa shape index (κ3) is 2.58. The van der Waals surface area contributed by atoms with E-state index < -0.39 is 5.92 Å². The molecule has 1 aliphatic carbocycles. The van der Waals surface area contributed by atoms with Gasteiger partial charge in [0.05, 0.1) is 0 Å². The number of nitrogens with zero attached hydrogens (tertiary/aromatic N) is 2. The molecule has 1 N–H and O–H groups in total. The number of hydrogen-bond donors (Lipinski definition) is 1. The lowest BCUT2D eigenvalue weighted by molar-refractivity contribution is -0.139. The molecule has 2 atom stereocenters. The summed E-state index contributed by atoms with van der Waals surface area (Å²) >= 11 is 5.05. The van der Waals surface area contributed by atoms with E-state index in [-0.39, 0.29) is 23.0 Å². The maximum Gasteiger partial charge on any atom is 0.247 e. The zero-order valence-corrected chi connectivity index (χ0v) is 11.4. The Morgan fingerprint density at radius 2 is 2.22 bits per heavy atom. The molecular formula is C12H17N3O2S. The first-order chi connectivity index (χ1) is 8.54. The van der Waals surface area contributed by atoms with E-state index in [1.165, 1.54) is 11.1 Å². The largest absolute Gasteiger partial charge is 0.302 e. The van der Waals surface area contributed by atoms with Crippen molar-refractivity contribution >= 4 is 35.4 Å². The average Bonchev–Trinajstić information content (AvgIpc) is 3.11. The number of aliphatic imine (C=N–C) groups is 1. The molecule has 0 spiro atoms. The van der Waals surface area contributed by atoms with Crippen molar-refractivity contribution in [2.45, 2.75) is 45.2 Å². The highest BCUT2D eigenvalue weighted by atomic mass is 32.1. The van der Waals surface area contributed by atoms with Crippen LogP contribution in [0.4, 0.5) is 0 Å². The van der Waals surface area contributed by atoms with Gasteiger partial charge in [-0.05, 0) is 38.4 Å². The Balaban J connectivity index is 2.15. The monoisotopic (exact) mass is 267 g/mol. The Labute approximate surface area is 112 Å². The fourth-order valence-electron chi connectivity index (χ4n) is 1.77. The molecule has 1 saturated heterocycles. The van der Waals surface area contributed by atoms with Gasteiger partial charge < -0.3 is 5.32 Å². The van der Waals surface area contributed by atoms with Crippen LogP contribution in [0, 0.1) is 5.92 Å². The van der Waals surface area contributed by atoms with Crippen LogP contribution in [0.15, 0.2) is 4.99 Å². The summed E-state index contributed by atoms with van der Waals surface area (Å²) in [7, 11) is 0. The summed E-state index contributed by atoms with van der Waals surface area (Å²) in [4.78, 5) is 29.7. The second-order valence-corrected chi connectivity index (χ2v) is 5.15. The van der Waals surface area contributed by atoms with Crippen molar-refractivity contribution in [2.75, 3.05) is 0 Å². The highest BCUT2D eigenvalue weighted by Crippen LogP contribution is 2.24. The number of carbonyl (C=O) groups excluding carboxylic acids is 2. The van der Waals surface area contributed by atoms with Crippen LogP contribution in [0.1, 0.15) is 33.1 Å². The van der Waals surface area contributed by atoms with Gasteiger partial charge in [-0.2, -0.15) is 0 Å². The number of rotatable bonds is 4. The quantitative estimate of drug-likeness (QED) is 0.467. The molecule has 6 heteroatoms. The number of carbonyl (C=O) groups is 2. The minimum atomic E-state index is -0.828. The van der Waals surface area contributed by atoms with E-state index in [1.807, 2.05) is 13.8 Å². The third-order valence-corrected chi connectivity index (χ3v) is 3.56. The molecule has 2 rings (SSSR count). The van der Waals surface area contributed by atoms with Crippen LogP contribution in [-0.4, -0.2) is 40.1 Å². The van der Waals surface area contributed by atoms with Gasteiger partial charge >= 0.3 is 0 Å². The van der Waals surface area contributed by atoms with Gasteiger partial charge in [0.1, 0.15) is 0 Å². The van der Waals surface area contributed by atoms with Crippen LogP contribution in [0.5, 0.6) is 0 Å². The molecule has 0 bridgehead atoms. The van der Waals surface area contributed by atoms with Crippen molar-refractivity contribution in [1.82, 2.24) is 10.2 Å². The number of nitrogens with one attached hydrogen (secondary N) is 1. The Morgan fingerprint density at radius 3 is 2.78 bits per heavy atom. The van der Waals surface area contributed by atoms with Crippen LogP contribution in [-0.2, 0) is 9.59 Å². The summed E-state index contributed by atoms with van der Waals surface area (Å²) in [6, 6.07) is 0.291. The molecule has 2 fully saturated rings. The lowest BCUT2D eigenvalue weighted by Gasteiger charge is -2.34. The van der Waals surface area contributed by atoms with E-state index in [0.29, 0.717) is 6.04 Å². The van der Waals surface area contributed by atoms with Crippen molar-refractivity contribution in [2.24, 2.45) is 10.9 Å². The summed E-state index contributed by atoms with van der Waals surface area (Å²) in [6.45, 7) is 3.89. The van der Waals surface area contributed by atoms with Crippen LogP contribution < -0.4 is 5.32 Å². The van der Waals surface area contributed by atoms with E-state index in [9.17, 15) is 9.59 Å². The predicted molar refractivity (Wildman–Crippen MR) is 72.3 cm³/mol. The fraction of sp³-hybridized carbons (Fsp3) is 0.667. The first-order valence-electron chi connectivity index (χ1n) is 6.25. The Kier molecular flexibility index (Phi) is 3.75. The molecule has 0 radical (unpaired) electrons. The van der Waals surface area contributed by atoms with Crippen molar-refractivity contribution < 1.29 is 9.59 Å². The lowest BCUT2D eigenvalue weighted by atomic mass is 10.0. The smallest absolute Gasteiger partial charge is 0.247 e. The molecule has 1 aliphatic heterocycles. The molecule has 18 heavy (non-hydrogen) atoms. The van der Waals surface area contributed by atoms with Crippen LogP contribution in [0.25, 0.3) is 0 Å². The van der Waals surface area contributed by atoms with Gasteiger partial charge in [0.25, 0.3) is 0 Å². The zero-order valence-electron chi connectivity index (χ0n) is 10.5. The van der Waals surface area contributed by atoms with E-state index in [0.717, 1.165) is 19.3 Å². The van der Waals surface area contributed by atoms with Crippen molar-refractivity contribution in [3.63, 3.8) is 0 Å². The summed E-state index contributed by atoms with van der Waals surface area (Å²) in [5.74, 6) is -1.46. The summed E-state index contributed by atoms with van der Waals surface area (Å²) in [6.07, 6.45) is 4.36. The number of amides is 2. The molecule has 5 nitrogen and oxygen atoms in total. The van der Waals surface area contributed by atoms with E-state index in [2.05, 4.69) is 10.3 Å². The minimum Gasteiger partial charge on any atom is -0.302 e. The molecule has 1 heterocycles. The summed E-state index contributed by atoms with van der Waals surface area (Å²) < 4.78 is 0. The maximum absolute atomic E-state index is 12.3. The van der Waals surface area contributed by atoms with E-state index in [4.69, 9.17) is 12.2 Å². The molecule has 98 valence electrons. The molecule has 0 aromatic rings. The van der Waals surface area contributed by atoms with Crippen molar-refractivity contribution in [1.29, 1.82) is 0 Å². The third-order valence-electron chi connectivity index (χ3n) is 3.26. The predicted octanol–water partition coefficient (Wildman–Crippen LogP) is 0.878. The average molecular weight is 267 g/mol. The summed E-state index contributed by atoms with van der Waals surface area (Å²) in [5.41, 5.74) is 0. The summed E-state index contributed by atoms with van der Waals surface area (Å²) in [5, 5.41) is 2.78. The highest BCUT2D eigenvalue weighted by molar-refractivity contribution is 7.80. The normalized spacial score (nSPS) is 26.7. The number of thiocarbonyl (C=S) groups is 1. The molecular weight excluding hydrogens is 250 g/mol. The van der Waals surface area contributed by atoms with Gasteiger partial charge in [0, 0.05) is 18.3 Å². The second kappa shape index (κ2) is 5.14. The minimum absolute atomic E-state index is 0.0116. The van der Waals surface area contributed by atoms with Crippen LogP contribution in [0.3, 0.4) is 0 Å². The maximum atomic E-state index is 12.3. The Morgan fingerprint density at radius 1 is 1.56 bits per heavy atom. The lowest BCUT2D eigenvalue weighted by Crippen LogP contribution is -2.60. The molecule has 0 unspecified atom stereocenters. The van der Waals surface area contributed by atoms with E-state index in [1.54, 1.807) is 0 Å². The first kappa shape index (κ1) is 13.1. The number of hydrogen-bond acceptors (Lipinski definition) is 4. The van der Waals surface area contributed by atoms with Gasteiger partial charge in [0.15, 0.2) is 11.0 Å². The van der Waals surface area contributed by atoms with Gasteiger partial charge in [-0.15, -0.1) is 0 Å². The standard InChI is InChI=1S/C12H17N3O2S/c1-3-7(2)15-11(17)9(6-13-8-4-5-8)10(16)14-12(15)18/h6-9H,3-5H2,1-2H3,(H,14,16,18)/t7-,9+/m1/s1. The van der Waals surface area contributed by atoms with Crippen LogP contribution in [0.2, 0.25) is 0 Å². The topological polar surface area (TPSA) is 61.8 Å². The Hall–Kier alpha value is -1.30. The van der Waals surface area contributed by atoms with Crippen LogP contribution >= 0.6 is 12.2 Å². The van der Waals surface area contributed by atoms with Crippen molar-refractivity contribution in [3.05, 3.63) is 0 Å². The second-order valence-electron chi connectivity index (χ2n) is 4.77. The SMILES string of the molecule is CC[C@@H](C)N1C(=O)[C@@H](C=NC2CC2)C(=O)NC1=S. The van der Waals surface area contributed by atoms with Gasteiger partial charge in [0.2, 0.25) is 11.8 Å². The van der Waals surface area contributed by atoms with Crippen molar-refractivity contribution in [3.8, 4) is 0 Å². The molecule has 1 saturated carbocycles. The first-order valence-corrected chi connectivity index (χ1v) is 6.66. The molecule has 2 amide bonds. The fourth-order valence-corrected chi connectivity index (χ4v) is 2.14. The van der Waals surface area contributed by atoms with E-state index >= 15 is 0 Å². The molecule has 0 aromatic carbocycles. The van der Waals surface area contributed by atoms with Gasteiger partial charge in [-0.3, -0.25) is 19.5 Å². The Bertz CT molecular complexity index is 418. The van der Waals surface area contributed by atoms with Gasteiger partial charge in [-0.1, -0.05) is 6.92 Å². The molecule has 0 aromatic heterocycles. The highest BCUT2D eigenvalue weighted by Gasteiger charge is 2.39. The van der Waals surface area contributed by atoms with Gasteiger partial charge in [-0.25, -0.2) is 0 Å². The molecule has 2 aliphatic rings.